The van der Waals surface area contributed by atoms with E-state index in [-0.39, 0.29) is 11.7 Å². The van der Waals surface area contributed by atoms with Crippen LogP contribution in [-0.4, -0.2) is 11.7 Å². The summed E-state index contributed by atoms with van der Waals surface area (Å²) in [7, 11) is 0. The molecule has 0 aromatic heterocycles. The number of nitrogens with one attached hydrogen (secondary N) is 1. The molecule has 0 saturated heterocycles. The highest BCUT2D eigenvalue weighted by atomic mass is 16.2. The maximum Gasteiger partial charge on any atom is 0.229 e. The van der Waals surface area contributed by atoms with Gasteiger partial charge in [0, 0.05) is 16.7 Å². The molecule has 1 N–H and O–H groups in total. The first-order valence-corrected chi connectivity index (χ1v) is 5.23. The van der Waals surface area contributed by atoms with Gasteiger partial charge in [-0.2, -0.15) is 0 Å². The maximum absolute atomic E-state index is 11.7. The van der Waals surface area contributed by atoms with Crippen LogP contribution in [0, 0.1) is 5.41 Å². The molecule has 3 nitrogen and oxygen atoms in total. The number of rotatable bonds is 2. The third-order valence-corrected chi connectivity index (χ3v) is 2.23. The second-order valence-electron chi connectivity index (χ2n) is 4.84. The predicted octanol–water partition coefficient (Wildman–Crippen LogP) is 2.87. The number of anilines is 1. The molecule has 0 saturated carbocycles. The Morgan fingerprint density at radius 1 is 1.06 bits per heavy atom. The molecule has 1 aromatic rings. The van der Waals surface area contributed by atoms with Gasteiger partial charge in [-0.3, -0.25) is 9.59 Å². The molecule has 0 aliphatic heterocycles. The summed E-state index contributed by atoms with van der Waals surface area (Å²) in [5.41, 5.74) is 0.942. The lowest BCUT2D eigenvalue weighted by atomic mass is 9.95. The summed E-state index contributed by atoms with van der Waals surface area (Å²) < 4.78 is 0. The molecule has 1 aromatic carbocycles. The summed E-state index contributed by atoms with van der Waals surface area (Å²) in [5.74, 6) is -0.0169. The third kappa shape index (κ3) is 3.19. The summed E-state index contributed by atoms with van der Waals surface area (Å²) in [6, 6.07) is 6.89. The molecule has 0 unspecified atom stereocenters. The van der Waals surface area contributed by atoms with Gasteiger partial charge in [-0.15, -0.1) is 0 Å². The monoisotopic (exact) mass is 219 g/mol. The Morgan fingerprint density at radius 2 is 1.56 bits per heavy atom. The van der Waals surface area contributed by atoms with Gasteiger partial charge in [-0.25, -0.2) is 0 Å². The molecule has 16 heavy (non-hydrogen) atoms. The van der Waals surface area contributed by atoms with Crippen LogP contribution < -0.4 is 5.32 Å². The first-order valence-electron chi connectivity index (χ1n) is 5.23. The van der Waals surface area contributed by atoms with Gasteiger partial charge in [-0.05, 0) is 31.2 Å². The van der Waals surface area contributed by atoms with Crippen molar-refractivity contribution in [1.82, 2.24) is 0 Å². The molecule has 0 spiro atoms. The zero-order chi connectivity index (χ0) is 12.3. The first-order chi connectivity index (χ1) is 7.30. The number of amides is 1. The Balaban J connectivity index is 2.77. The van der Waals surface area contributed by atoms with E-state index in [1.54, 1.807) is 24.3 Å². The molecule has 0 bridgehead atoms. The quantitative estimate of drug-likeness (QED) is 0.777. The van der Waals surface area contributed by atoms with E-state index in [1.807, 2.05) is 20.8 Å². The van der Waals surface area contributed by atoms with E-state index in [2.05, 4.69) is 5.32 Å². The van der Waals surface area contributed by atoms with Crippen molar-refractivity contribution in [3.63, 3.8) is 0 Å². The van der Waals surface area contributed by atoms with Crippen molar-refractivity contribution in [2.24, 2.45) is 5.41 Å². The number of benzene rings is 1. The fourth-order valence-corrected chi connectivity index (χ4v) is 1.11. The minimum absolute atomic E-state index is 0.0219. The van der Waals surface area contributed by atoms with Crippen molar-refractivity contribution in [2.45, 2.75) is 27.7 Å². The number of carbonyl (C=O) groups is 2. The van der Waals surface area contributed by atoms with Gasteiger partial charge in [0.25, 0.3) is 0 Å². The number of carbonyl (C=O) groups excluding carboxylic acids is 2. The smallest absolute Gasteiger partial charge is 0.229 e. The average molecular weight is 219 g/mol. The third-order valence-electron chi connectivity index (χ3n) is 2.23. The molecule has 1 amide bonds. The molecule has 0 heterocycles. The highest BCUT2D eigenvalue weighted by Crippen LogP contribution is 2.17. The van der Waals surface area contributed by atoms with E-state index in [4.69, 9.17) is 0 Å². The van der Waals surface area contributed by atoms with Gasteiger partial charge in [0.2, 0.25) is 5.91 Å². The Bertz CT molecular complexity index is 399. The largest absolute Gasteiger partial charge is 0.326 e. The van der Waals surface area contributed by atoms with Gasteiger partial charge in [0.15, 0.2) is 5.78 Å². The van der Waals surface area contributed by atoms with Gasteiger partial charge < -0.3 is 5.32 Å². The van der Waals surface area contributed by atoms with Crippen molar-refractivity contribution in [3.05, 3.63) is 29.8 Å². The minimum Gasteiger partial charge on any atom is -0.326 e. The molecule has 1 rings (SSSR count). The van der Waals surface area contributed by atoms with Crippen molar-refractivity contribution in [2.75, 3.05) is 5.32 Å². The van der Waals surface area contributed by atoms with Crippen LogP contribution in [0.4, 0.5) is 5.69 Å². The van der Waals surface area contributed by atoms with Crippen molar-refractivity contribution in [3.8, 4) is 0 Å². The van der Waals surface area contributed by atoms with E-state index >= 15 is 0 Å². The fourth-order valence-electron chi connectivity index (χ4n) is 1.11. The van der Waals surface area contributed by atoms with Crippen LogP contribution in [0.1, 0.15) is 38.1 Å². The molecule has 86 valence electrons. The highest BCUT2D eigenvalue weighted by Gasteiger charge is 2.20. The summed E-state index contributed by atoms with van der Waals surface area (Å²) >= 11 is 0. The van der Waals surface area contributed by atoms with E-state index in [0.29, 0.717) is 11.3 Å². The predicted molar refractivity (Wildman–Crippen MR) is 64.5 cm³/mol. The van der Waals surface area contributed by atoms with Gasteiger partial charge in [-0.1, -0.05) is 20.8 Å². The first kappa shape index (κ1) is 12.4. The lowest BCUT2D eigenvalue weighted by Gasteiger charge is -2.17. The number of hydrogen-bond donors (Lipinski definition) is 1. The molecule has 0 fully saturated rings. The van der Waals surface area contributed by atoms with Crippen LogP contribution in [-0.2, 0) is 4.79 Å². The van der Waals surface area contributed by atoms with Crippen molar-refractivity contribution in [1.29, 1.82) is 0 Å². The van der Waals surface area contributed by atoms with Crippen LogP contribution in [0.3, 0.4) is 0 Å². The molecule has 0 radical (unpaired) electrons. The van der Waals surface area contributed by atoms with E-state index in [0.717, 1.165) is 0 Å². The zero-order valence-corrected chi connectivity index (χ0v) is 10.1. The summed E-state index contributed by atoms with van der Waals surface area (Å²) in [4.78, 5) is 22.7. The van der Waals surface area contributed by atoms with Crippen LogP contribution in [0.2, 0.25) is 0 Å². The molecular weight excluding hydrogens is 202 g/mol. The summed E-state index contributed by atoms with van der Waals surface area (Å²) in [6.45, 7) is 7.08. The molecule has 0 atom stereocenters. The lowest BCUT2D eigenvalue weighted by molar-refractivity contribution is -0.123. The Morgan fingerprint density at radius 3 is 1.94 bits per heavy atom. The van der Waals surface area contributed by atoms with E-state index in [9.17, 15) is 9.59 Å². The molecule has 0 aliphatic carbocycles. The van der Waals surface area contributed by atoms with Crippen molar-refractivity contribution < 1.29 is 9.59 Å². The maximum atomic E-state index is 11.7. The summed E-state index contributed by atoms with van der Waals surface area (Å²) in [5, 5.41) is 2.80. The van der Waals surface area contributed by atoms with Crippen LogP contribution in [0.25, 0.3) is 0 Å². The fraction of sp³-hybridized carbons (Fsp3) is 0.385. The number of Topliss-reactive ketones (excluding diaryl/α,β-unsaturated/α-hetero) is 1. The molecule has 3 heteroatoms. The highest BCUT2D eigenvalue weighted by molar-refractivity contribution is 5.96. The second-order valence-corrected chi connectivity index (χ2v) is 4.84. The van der Waals surface area contributed by atoms with Gasteiger partial charge in [0.1, 0.15) is 0 Å². The van der Waals surface area contributed by atoms with E-state index in [1.165, 1.54) is 6.92 Å². The summed E-state index contributed by atoms with van der Waals surface area (Å²) in [6.07, 6.45) is 0. The standard InChI is InChI=1S/C13H17NO2/c1-9(15)10-5-7-11(8-6-10)14-12(16)13(2,3)4/h5-8H,1-4H3,(H,14,16). The topological polar surface area (TPSA) is 46.2 Å². The molecular formula is C13H17NO2. The SMILES string of the molecule is CC(=O)c1ccc(NC(=O)C(C)(C)C)cc1. The second kappa shape index (κ2) is 4.47. The van der Waals surface area contributed by atoms with Crippen LogP contribution >= 0.6 is 0 Å². The number of hydrogen-bond acceptors (Lipinski definition) is 2. The van der Waals surface area contributed by atoms with Crippen LogP contribution in [0.15, 0.2) is 24.3 Å². The molecule has 0 aliphatic rings. The zero-order valence-electron chi connectivity index (χ0n) is 10.1. The Kier molecular flexibility index (Phi) is 3.48. The van der Waals surface area contributed by atoms with Crippen molar-refractivity contribution >= 4 is 17.4 Å². The lowest BCUT2D eigenvalue weighted by Crippen LogP contribution is -2.27. The van der Waals surface area contributed by atoms with E-state index < -0.39 is 5.41 Å². The van der Waals surface area contributed by atoms with Crippen LogP contribution in [0.5, 0.6) is 0 Å². The normalized spacial score (nSPS) is 11.0. The van der Waals surface area contributed by atoms with Gasteiger partial charge in [0.05, 0.1) is 0 Å². The number of ketones is 1. The average Bonchev–Trinajstić information content (AvgIpc) is 2.17. The van der Waals surface area contributed by atoms with Gasteiger partial charge >= 0.3 is 0 Å². The Hall–Kier alpha value is -1.64. The minimum atomic E-state index is -0.417. The Labute approximate surface area is 95.9 Å².